The molecule has 0 aliphatic heterocycles. The summed E-state index contributed by atoms with van der Waals surface area (Å²) >= 11 is 0. The Morgan fingerprint density at radius 1 is 0.840 bits per heavy atom. The molecule has 2 rings (SSSR count). The fraction of sp³-hybridized carbons (Fsp3) is 0.250. The second-order valence-corrected chi connectivity index (χ2v) is 5.66. The first kappa shape index (κ1) is 18.4. The van der Waals surface area contributed by atoms with E-state index in [1.165, 1.54) is 7.11 Å². The lowest BCUT2D eigenvalue weighted by Crippen LogP contribution is -2.11. The van der Waals surface area contributed by atoms with Gasteiger partial charge in [-0.05, 0) is 24.6 Å². The molecule has 0 heterocycles. The van der Waals surface area contributed by atoms with Gasteiger partial charge in [-0.2, -0.15) is 0 Å². The number of benzene rings is 2. The lowest BCUT2D eigenvalue weighted by molar-refractivity contribution is -0.144. The van der Waals surface area contributed by atoms with E-state index >= 15 is 0 Å². The average Bonchev–Trinajstić information content (AvgIpc) is 2.61. The summed E-state index contributed by atoms with van der Waals surface area (Å²) in [6.45, 7) is 1.97. The van der Waals surface area contributed by atoms with Crippen LogP contribution < -0.4 is 4.74 Å². The van der Waals surface area contributed by atoms with E-state index in [-0.39, 0.29) is 25.0 Å². The molecule has 0 radical (unpaired) electrons. The first-order valence-electron chi connectivity index (χ1n) is 7.94. The Morgan fingerprint density at radius 2 is 1.44 bits per heavy atom. The number of esters is 2. The van der Waals surface area contributed by atoms with E-state index < -0.39 is 11.9 Å². The highest BCUT2D eigenvalue weighted by molar-refractivity contribution is 5.97. The smallest absolute Gasteiger partial charge is 0.311 e. The van der Waals surface area contributed by atoms with Gasteiger partial charge in [0.05, 0.1) is 20.0 Å². The molecule has 0 saturated carbocycles. The Morgan fingerprint density at radius 3 is 2.04 bits per heavy atom. The molecule has 5 nitrogen and oxygen atoms in total. The maximum Gasteiger partial charge on any atom is 0.311 e. The van der Waals surface area contributed by atoms with Gasteiger partial charge in [0, 0.05) is 12.0 Å². The summed E-state index contributed by atoms with van der Waals surface area (Å²) in [5.74, 6) is -0.556. The number of rotatable bonds is 7. The summed E-state index contributed by atoms with van der Waals surface area (Å²) in [6.07, 6.45) is 0.221. The minimum Gasteiger partial charge on any atom is -0.469 e. The van der Waals surface area contributed by atoms with E-state index in [1.54, 1.807) is 24.3 Å². The van der Waals surface area contributed by atoms with E-state index in [9.17, 15) is 14.4 Å². The van der Waals surface area contributed by atoms with Crippen molar-refractivity contribution in [1.29, 1.82) is 0 Å². The monoisotopic (exact) mass is 340 g/mol. The SMILES string of the molecule is COC(=O)CCC(=O)Oc1ccc(CC(=O)c2ccc(C)cc2)cc1. The molecule has 2 aromatic carbocycles. The number of carbonyl (C=O) groups is 3. The maximum atomic E-state index is 12.2. The largest absolute Gasteiger partial charge is 0.469 e. The first-order valence-corrected chi connectivity index (χ1v) is 7.94. The van der Waals surface area contributed by atoms with Gasteiger partial charge in [0.1, 0.15) is 5.75 Å². The van der Waals surface area contributed by atoms with Crippen molar-refractivity contribution < 1.29 is 23.9 Å². The molecule has 2 aromatic rings. The highest BCUT2D eigenvalue weighted by atomic mass is 16.5. The van der Waals surface area contributed by atoms with Crippen LogP contribution in [-0.2, 0) is 20.7 Å². The van der Waals surface area contributed by atoms with Gasteiger partial charge in [-0.3, -0.25) is 14.4 Å². The van der Waals surface area contributed by atoms with Gasteiger partial charge in [0.15, 0.2) is 5.78 Å². The van der Waals surface area contributed by atoms with Crippen LogP contribution in [0.1, 0.15) is 34.3 Å². The predicted molar refractivity (Wildman–Crippen MR) is 92.5 cm³/mol. The number of Topliss-reactive ketones (excluding diaryl/α,β-unsaturated/α-hetero) is 1. The van der Waals surface area contributed by atoms with Crippen molar-refractivity contribution in [3.05, 3.63) is 65.2 Å². The number of carbonyl (C=O) groups excluding carboxylic acids is 3. The number of ketones is 1. The summed E-state index contributed by atoms with van der Waals surface area (Å²) in [4.78, 5) is 34.9. The third-order valence-electron chi connectivity index (χ3n) is 3.65. The van der Waals surface area contributed by atoms with Gasteiger partial charge >= 0.3 is 11.9 Å². The molecule has 25 heavy (non-hydrogen) atoms. The van der Waals surface area contributed by atoms with Gasteiger partial charge in [0.2, 0.25) is 0 Å². The van der Waals surface area contributed by atoms with Crippen molar-refractivity contribution in [3.63, 3.8) is 0 Å². The zero-order chi connectivity index (χ0) is 18.2. The second kappa shape index (κ2) is 8.78. The van der Waals surface area contributed by atoms with E-state index in [4.69, 9.17) is 4.74 Å². The minimum atomic E-state index is -0.506. The molecule has 130 valence electrons. The fourth-order valence-corrected chi connectivity index (χ4v) is 2.19. The van der Waals surface area contributed by atoms with Crippen LogP contribution in [0.2, 0.25) is 0 Å². The molecule has 0 aliphatic rings. The van der Waals surface area contributed by atoms with Crippen molar-refractivity contribution in [2.45, 2.75) is 26.2 Å². The lowest BCUT2D eigenvalue weighted by atomic mass is 10.0. The van der Waals surface area contributed by atoms with E-state index in [0.29, 0.717) is 11.3 Å². The second-order valence-electron chi connectivity index (χ2n) is 5.66. The first-order chi connectivity index (χ1) is 12.0. The Balaban J connectivity index is 1.89. The Bertz CT molecular complexity index is 745. The van der Waals surface area contributed by atoms with E-state index in [0.717, 1.165) is 11.1 Å². The van der Waals surface area contributed by atoms with Crippen molar-refractivity contribution in [2.24, 2.45) is 0 Å². The van der Waals surface area contributed by atoms with Gasteiger partial charge in [-0.15, -0.1) is 0 Å². The summed E-state index contributed by atoms with van der Waals surface area (Å²) in [5.41, 5.74) is 2.61. The quantitative estimate of drug-likeness (QED) is 0.439. The van der Waals surface area contributed by atoms with Crippen LogP contribution in [0.3, 0.4) is 0 Å². The number of hydrogen-bond acceptors (Lipinski definition) is 5. The van der Waals surface area contributed by atoms with Crippen LogP contribution in [0.5, 0.6) is 5.75 Å². The normalized spacial score (nSPS) is 10.2. The Hall–Kier alpha value is -2.95. The molecule has 0 saturated heterocycles. The number of aryl methyl sites for hydroxylation is 1. The molecule has 5 heteroatoms. The van der Waals surface area contributed by atoms with Crippen LogP contribution in [0.25, 0.3) is 0 Å². The molecule has 0 bridgehead atoms. The molecular formula is C20H20O5. The molecule has 0 aliphatic carbocycles. The van der Waals surface area contributed by atoms with Crippen LogP contribution in [0, 0.1) is 6.92 Å². The van der Waals surface area contributed by atoms with E-state index in [1.807, 2.05) is 31.2 Å². The number of methoxy groups -OCH3 is 1. The number of ether oxygens (including phenoxy) is 2. The minimum absolute atomic E-state index is 0.0154. The van der Waals surface area contributed by atoms with Crippen molar-refractivity contribution >= 4 is 17.7 Å². The van der Waals surface area contributed by atoms with Crippen LogP contribution in [0.4, 0.5) is 0 Å². The summed E-state index contributed by atoms with van der Waals surface area (Å²) in [7, 11) is 1.27. The maximum absolute atomic E-state index is 12.2. The average molecular weight is 340 g/mol. The van der Waals surface area contributed by atoms with Crippen LogP contribution in [-0.4, -0.2) is 24.8 Å². The molecule has 0 atom stereocenters. The van der Waals surface area contributed by atoms with Crippen molar-refractivity contribution in [1.82, 2.24) is 0 Å². The van der Waals surface area contributed by atoms with Gasteiger partial charge in [0.25, 0.3) is 0 Å². The molecule has 0 aromatic heterocycles. The van der Waals surface area contributed by atoms with Crippen molar-refractivity contribution in [3.8, 4) is 5.75 Å². The molecule has 0 amide bonds. The molecule has 0 spiro atoms. The van der Waals surface area contributed by atoms with E-state index in [2.05, 4.69) is 4.74 Å². The van der Waals surface area contributed by atoms with Crippen molar-refractivity contribution in [2.75, 3.05) is 7.11 Å². The number of hydrogen-bond donors (Lipinski definition) is 0. The molecule has 0 unspecified atom stereocenters. The molecule has 0 N–H and O–H groups in total. The summed E-state index contributed by atoms with van der Waals surface area (Å²) < 4.78 is 9.60. The summed E-state index contributed by atoms with van der Waals surface area (Å²) in [6, 6.07) is 14.2. The highest BCUT2D eigenvalue weighted by Gasteiger charge is 2.10. The highest BCUT2D eigenvalue weighted by Crippen LogP contribution is 2.15. The summed E-state index contributed by atoms with van der Waals surface area (Å²) in [5, 5.41) is 0. The van der Waals surface area contributed by atoms with Crippen LogP contribution in [0.15, 0.2) is 48.5 Å². The van der Waals surface area contributed by atoms with Gasteiger partial charge in [-0.25, -0.2) is 0 Å². The Labute approximate surface area is 146 Å². The van der Waals surface area contributed by atoms with Crippen LogP contribution >= 0.6 is 0 Å². The molecule has 0 fully saturated rings. The predicted octanol–water partition coefficient (Wildman–Crippen LogP) is 3.28. The van der Waals surface area contributed by atoms with Gasteiger partial charge in [-0.1, -0.05) is 42.0 Å². The van der Waals surface area contributed by atoms with Gasteiger partial charge < -0.3 is 9.47 Å². The lowest BCUT2D eigenvalue weighted by Gasteiger charge is -2.06. The standard InChI is InChI=1S/C20H20O5/c1-14-3-7-16(8-4-14)18(21)13-15-5-9-17(10-6-15)25-20(23)12-11-19(22)24-2/h3-10H,11-13H2,1-2H3. The third-order valence-corrected chi connectivity index (χ3v) is 3.65. The molecular weight excluding hydrogens is 320 g/mol. The zero-order valence-electron chi connectivity index (χ0n) is 14.3. The Kier molecular flexibility index (Phi) is 6.46. The third kappa shape index (κ3) is 5.88. The fourth-order valence-electron chi connectivity index (χ4n) is 2.19. The topological polar surface area (TPSA) is 69.7 Å². The zero-order valence-corrected chi connectivity index (χ0v) is 14.3.